The molecule has 6 heteroatoms. The molecule has 0 amide bonds. The summed E-state index contributed by atoms with van der Waals surface area (Å²) in [7, 11) is -3.61. The van der Waals surface area contributed by atoms with Gasteiger partial charge in [0.15, 0.2) is 5.76 Å². The summed E-state index contributed by atoms with van der Waals surface area (Å²) in [6.45, 7) is 7.00. The first-order valence-corrected chi connectivity index (χ1v) is 8.25. The SMILES string of the molecule is CC(C)C(=O)OC1=CN(C(C)C)S(=O)(=O)c2ccccc21. The highest BCUT2D eigenvalue weighted by Gasteiger charge is 2.34. The summed E-state index contributed by atoms with van der Waals surface area (Å²) >= 11 is 0. The normalized spacial score (nSPS) is 16.7. The molecule has 0 saturated carbocycles. The van der Waals surface area contributed by atoms with E-state index in [0.717, 1.165) is 0 Å². The van der Waals surface area contributed by atoms with Crippen LogP contribution in [0.5, 0.6) is 0 Å². The van der Waals surface area contributed by atoms with Crippen LogP contribution >= 0.6 is 0 Å². The lowest BCUT2D eigenvalue weighted by Gasteiger charge is -2.30. The summed E-state index contributed by atoms with van der Waals surface area (Å²) in [6.07, 6.45) is 1.39. The van der Waals surface area contributed by atoms with E-state index in [0.29, 0.717) is 5.56 Å². The van der Waals surface area contributed by atoms with Gasteiger partial charge in [-0.2, -0.15) is 0 Å². The van der Waals surface area contributed by atoms with Crippen LogP contribution in [0.25, 0.3) is 5.76 Å². The van der Waals surface area contributed by atoms with Gasteiger partial charge in [-0.05, 0) is 26.0 Å². The minimum atomic E-state index is -3.61. The van der Waals surface area contributed by atoms with Gasteiger partial charge in [-0.15, -0.1) is 0 Å². The van der Waals surface area contributed by atoms with Crippen LogP contribution in [0.1, 0.15) is 33.3 Å². The van der Waals surface area contributed by atoms with Gasteiger partial charge in [0, 0.05) is 11.6 Å². The summed E-state index contributed by atoms with van der Waals surface area (Å²) < 4.78 is 31.7. The smallest absolute Gasteiger partial charge is 0.313 e. The largest absolute Gasteiger partial charge is 0.424 e. The molecule has 0 N–H and O–H groups in total. The van der Waals surface area contributed by atoms with Crippen LogP contribution in [-0.2, 0) is 19.6 Å². The molecule has 2 rings (SSSR count). The minimum Gasteiger partial charge on any atom is -0.424 e. The number of nitrogens with zero attached hydrogens (tertiary/aromatic N) is 1. The van der Waals surface area contributed by atoms with Crippen molar-refractivity contribution in [3.8, 4) is 0 Å². The van der Waals surface area contributed by atoms with Gasteiger partial charge in [0.25, 0.3) is 10.0 Å². The number of sulfonamides is 1. The highest BCUT2D eigenvalue weighted by Crippen LogP contribution is 2.34. The van der Waals surface area contributed by atoms with Crippen molar-refractivity contribution in [2.75, 3.05) is 0 Å². The van der Waals surface area contributed by atoms with E-state index >= 15 is 0 Å². The first-order chi connectivity index (χ1) is 9.75. The number of carbonyl (C=O) groups excluding carboxylic acids is 1. The van der Waals surface area contributed by atoms with E-state index < -0.39 is 10.0 Å². The number of fused-ring (bicyclic) bond motifs is 1. The molecule has 21 heavy (non-hydrogen) atoms. The third-order valence-corrected chi connectivity index (χ3v) is 5.14. The van der Waals surface area contributed by atoms with Gasteiger partial charge in [0.05, 0.1) is 17.0 Å². The first kappa shape index (κ1) is 15.6. The van der Waals surface area contributed by atoms with E-state index in [9.17, 15) is 13.2 Å². The Labute approximate surface area is 125 Å². The summed E-state index contributed by atoms with van der Waals surface area (Å²) in [5, 5.41) is 0. The van der Waals surface area contributed by atoms with Crippen LogP contribution in [0, 0.1) is 5.92 Å². The fraction of sp³-hybridized carbons (Fsp3) is 0.400. The molecule has 114 valence electrons. The fourth-order valence-corrected chi connectivity index (χ4v) is 3.71. The molecule has 0 saturated heterocycles. The molecule has 0 radical (unpaired) electrons. The number of ether oxygens (including phenoxy) is 1. The first-order valence-electron chi connectivity index (χ1n) is 6.81. The average Bonchev–Trinajstić information content (AvgIpc) is 2.41. The second-order valence-electron chi connectivity index (χ2n) is 5.49. The number of esters is 1. The fourth-order valence-electron chi connectivity index (χ4n) is 2.00. The number of benzene rings is 1. The third-order valence-electron chi connectivity index (χ3n) is 3.14. The second kappa shape index (κ2) is 5.52. The monoisotopic (exact) mass is 309 g/mol. The topological polar surface area (TPSA) is 63.7 Å². The molecular formula is C15H19NO4S. The number of hydrogen-bond acceptors (Lipinski definition) is 4. The maximum Gasteiger partial charge on any atom is 0.313 e. The lowest BCUT2D eigenvalue weighted by molar-refractivity contribution is -0.140. The van der Waals surface area contributed by atoms with Crippen LogP contribution in [0.15, 0.2) is 35.4 Å². The van der Waals surface area contributed by atoms with E-state index in [2.05, 4.69) is 0 Å². The maximum atomic E-state index is 12.6. The van der Waals surface area contributed by atoms with Gasteiger partial charge in [-0.3, -0.25) is 9.10 Å². The zero-order chi connectivity index (χ0) is 15.8. The Morgan fingerprint density at radius 2 is 1.76 bits per heavy atom. The summed E-state index contributed by atoms with van der Waals surface area (Å²) in [4.78, 5) is 12.0. The molecular weight excluding hydrogens is 290 g/mol. The molecule has 1 aromatic carbocycles. The predicted octanol–water partition coefficient (Wildman–Crippen LogP) is 2.60. The van der Waals surface area contributed by atoms with Gasteiger partial charge in [-0.1, -0.05) is 26.0 Å². The van der Waals surface area contributed by atoms with Crippen LogP contribution in [-0.4, -0.2) is 24.7 Å². The Bertz CT molecular complexity index is 689. The number of rotatable bonds is 3. The van der Waals surface area contributed by atoms with Crippen LogP contribution in [0.3, 0.4) is 0 Å². The molecule has 0 aromatic heterocycles. The standard InChI is InChI=1S/C15H19NO4S/c1-10(2)15(17)20-13-9-16(11(3)4)21(18,19)14-8-6-5-7-12(13)14/h5-11H,1-4H3. The molecule has 5 nitrogen and oxygen atoms in total. The lowest BCUT2D eigenvalue weighted by atomic mass is 10.2. The van der Waals surface area contributed by atoms with Crippen molar-refractivity contribution in [1.82, 2.24) is 4.31 Å². The lowest BCUT2D eigenvalue weighted by Crippen LogP contribution is -2.36. The highest BCUT2D eigenvalue weighted by molar-refractivity contribution is 7.89. The van der Waals surface area contributed by atoms with Gasteiger partial charge in [-0.25, -0.2) is 8.42 Å². The van der Waals surface area contributed by atoms with E-state index in [1.54, 1.807) is 45.9 Å². The number of carbonyl (C=O) groups is 1. The van der Waals surface area contributed by atoms with Crippen molar-refractivity contribution in [2.24, 2.45) is 5.92 Å². The Hall–Kier alpha value is -1.82. The van der Waals surface area contributed by atoms with Crippen LogP contribution in [0.2, 0.25) is 0 Å². The van der Waals surface area contributed by atoms with Crippen molar-refractivity contribution in [3.05, 3.63) is 36.0 Å². The van der Waals surface area contributed by atoms with E-state index in [1.165, 1.54) is 16.6 Å². The van der Waals surface area contributed by atoms with Crippen LogP contribution < -0.4 is 0 Å². The van der Waals surface area contributed by atoms with E-state index in [4.69, 9.17) is 4.74 Å². The molecule has 0 spiro atoms. The second-order valence-corrected chi connectivity index (χ2v) is 7.31. The molecule has 1 aliphatic rings. The van der Waals surface area contributed by atoms with E-state index in [1.807, 2.05) is 0 Å². The Kier molecular flexibility index (Phi) is 4.09. The van der Waals surface area contributed by atoms with Crippen molar-refractivity contribution in [1.29, 1.82) is 0 Å². The quantitative estimate of drug-likeness (QED) is 0.805. The van der Waals surface area contributed by atoms with Gasteiger partial charge >= 0.3 is 5.97 Å². The molecule has 0 unspecified atom stereocenters. The predicted molar refractivity (Wildman–Crippen MR) is 79.5 cm³/mol. The van der Waals surface area contributed by atoms with Crippen molar-refractivity contribution < 1.29 is 17.9 Å². The molecule has 0 atom stereocenters. The summed E-state index contributed by atoms with van der Waals surface area (Å²) in [6, 6.07) is 6.27. The summed E-state index contributed by atoms with van der Waals surface area (Å²) in [5.74, 6) is -0.407. The van der Waals surface area contributed by atoms with E-state index in [-0.39, 0.29) is 28.6 Å². The van der Waals surface area contributed by atoms with Crippen molar-refractivity contribution in [2.45, 2.75) is 38.6 Å². The van der Waals surface area contributed by atoms with Crippen molar-refractivity contribution >= 4 is 21.8 Å². The summed E-state index contributed by atoms with van der Waals surface area (Å²) in [5.41, 5.74) is 0.420. The van der Waals surface area contributed by atoms with Crippen molar-refractivity contribution in [3.63, 3.8) is 0 Å². The Morgan fingerprint density at radius 3 is 2.33 bits per heavy atom. The maximum absolute atomic E-state index is 12.6. The van der Waals surface area contributed by atoms with Gasteiger partial charge < -0.3 is 4.74 Å². The molecule has 1 aromatic rings. The molecule has 0 bridgehead atoms. The zero-order valence-corrected chi connectivity index (χ0v) is 13.3. The van der Waals surface area contributed by atoms with Crippen LogP contribution in [0.4, 0.5) is 0 Å². The highest BCUT2D eigenvalue weighted by atomic mass is 32.2. The molecule has 1 aliphatic heterocycles. The van der Waals surface area contributed by atoms with Gasteiger partial charge in [0.1, 0.15) is 0 Å². The van der Waals surface area contributed by atoms with Gasteiger partial charge in [0.2, 0.25) is 0 Å². The molecule has 0 aliphatic carbocycles. The average molecular weight is 309 g/mol. The number of hydrogen-bond donors (Lipinski definition) is 0. The molecule has 0 fully saturated rings. The minimum absolute atomic E-state index is 0.160. The Morgan fingerprint density at radius 1 is 1.14 bits per heavy atom. The molecule has 1 heterocycles. The third kappa shape index (κ3) is 2.81. The zero-order valence-electron chi connectivity index (χ0n) is 12.5. The Balaban J connectivity index is 2.56.